The fraction of sp³-hybridized carbons (Fsp3) is 0.125. The van der Waals surface area contributed by atoms with Gasteiger partial charge in [0.2, 0.25) is 0 Å². The van der Waals surface area contributed by atoms with Crippen molar-refractivity contribution in [3.63, 3.8) is 0 Å². The Labute approximate surface area is 135 Å². The summed E-state index contributed by atoms with van der Waals surface area (Å²) < 4.78 is 14.1. The SMILES string of the molecule is CCNC(=O)c1ccc(-c2ccc(C(=O)O)c([N+](=O)[O-])c2)cc1F. The first kappa shape index (κ1) is 17.1. The van der Waals surface area contributed by atoms with Gasteiger partial charge in [-0.05, 0) is 36.2 Å². The number of nitro benzene ring substituents is 1. The summed E-state index contributed by atoms with van der Waals surface area (Å²) in [6, 6.07) is 7.27. The first-order valence-corrected chi connectivity index (χ1v) is 6.95. The fourth-order valence-corrected chi connectivity index (χ4v) is 2.18. The van der Waals surface area contributed by atoms with Crippen molar-refractivity contribution in [3.8, 4) is 11.1 Å². The van der Waals surface area contributed by atoms with Gasteiger partial charge in [0.25, 0.3) is 11.6 Å². The maximum atomic E-state index is 14.1. The Hall–Kier alpha value is -3.29. The lowest BCUT2D eigenvalue weighted by atomic mass is 10.0. The molecule has 8 heteroatoms. The minimum atomic E-state index is -1.42. The van der Waals surface area contributed by atoms with Crippen LogP contribution in [-0.4, -0.2) is 28.5 Å². The van der Waals surface area contributed by atoms with Crippen molar-refractivity contribution in [2.45, 2.75) is 6.92 Å². The summed E-state index contributed by atoms with van der Waals surface area (Å²) in [5.74, 6) is -2.76. The zero-order valence-electron chi connectivity index (χ0n) is 12.6. The van der Waals surface area contributed by atoms with Crippen LogP contribution in [0.5, 0.6) is 0 Å². The van der Waals surface area contributed by atoms with Gasteiger partial charge in [-0.2, -0.15) is 0 Å². The summed E-state index contributed by atoms with van der Waals surface area (Å²) in [4.78, 5) is 32.9. The largest absolute Gasteiger partial charge is 0.477 e. The van der Waals surface area contributed by atoms with Gasteiger partial charge in [-0.3, -0.25) is 14.9 Å². The molecule has 124 valence electrons. The quantitative estimate of drug-likeness (QED) is 0.646. The van der Waals surface area contributed by atoms with Gasteiger partial charge in [-0.25, -0.2) is 9.18 Å². The molecule has 0 aromatic heterocycles. The average molecular weight is 332 g/mol. The number of rotatable bonds is 5. The Morgan fingerprint density at radius 1 is 1.17 bits per heavy atom. The summed E-state index contributed by atoms with van der Waals surface area (Å²) in [7, 11) is 0. The van der Waals surface area contributed by atoms with Crippen molar-refractivity contribution in [1.29, 1.82) is 0 Å². The molecular formula is C16H13FN2O5. The number of carboxylic acid groups (broad SMARTS) is 1. The number of aromatic carboxylic acids is 1. The van der Waals surface area contributed by atoms with E-state index in [1.807, 2.05) is 0 Å². The molecule has 0 spiro atoms. The molecule has 0 aliphatic rings. The summed E-state index contributed by atoms with van der Waals surface area (Å²) in [6.45, 7) is 2.05. The predicted octanol–water partition coefficient (Wildman–Crippen LogP) is 2.85. The molecule has 0 bridgehead atoms. The van der Waals surface area contributed by atoms with Crippen LogP contribution in [0.3, 0.4) is 0 Å². The van der Waals surface area contributed by atoms with Crippen molar-refractivity contribution in [1.82, 2.24) is 5.32 Å². The molecule has 0 saturated heterocycles. The van der Waals surface area contributed by atoms with Crippen LogP contribution in [0.15, 0.2) is 36.4 Å². The number of carbonyl (C=O) groups is 2. The number of carboxylic acids is 1. The molecule has 1 amide bonds. The smallest absolute Gasteiger partial charge is 0.342 e. The molecule has 2 aromatic carbocycles. The lowest BCUT2D eigenvalue weighted by molar-refractivity contribution is -0.385. The first-order chi connectivity index (χ1) is 11.3. The standard InChI is InChI=1S/C16H13FN2O5/c1-2-18-15(20)11-5-3-9(7-13(11)17)10-4-6-12(16(21)22)14(8-10)19(23)24/h3-8H,2H2,1H3,(H,18,20)(H,21,22). The van der Waals surface area contributed by atoms with Crippen LogP contribution in [0, 0.1) is 15.9 Å². The molecule has 2 rings (SSSR count). The normalized spacial score (nSPS) is 10.2. The molecule has 24 heavy (non-hydrogen) atoms. The first-order valence-electron chi connectivity index (χ1n) is 6.95. The summed E-state index contributed by atoms with van der Waals surface area (Å²) in [5, 5.41) is 22.4. The third-order valence-electron chi connectivity index (χ3n) is 3.31. The average Bonchev–Trinajstić information content (AvgIpc) is 2.54. The van der Waals surface area contributed by atoms with Crippen LogP contribution in [0.4, 0.5) is 10.1 Å². The second kappa shape index (κ2) is 6.86. The minimum absolute atomic E-state index is 0.141. The van der Waals surface area contributed by atoms with Crippen LogP contribution in [0.25, 0.3) is 11.1 Å². The molecule has 0 aliphatic heterocycles. The van der Waals surface area contributed by atoms with E-state index in [1.54, 1.807) is 6.92 Å². The third-order valence-corrected chi connectivity index (χ3v) is 3.31. The van der Waals surface area contributed by atoms with Gasteiger partial charge in [0.1, 0.15) is 11.4 Å². The van der Waals surface area contributed by atoms with Crippen LogP contribution in [0.2, 0.25) is 0 Å². The number of amides is 1. The van der Waals surface area contributed by atoms with Crippen molar-refractivity contribution in [2.75, 3.05) is 6.54 Å². The van der Waals surface area contributed by atoms with Gasteiger partial charge < -0.3 is 10.4 Å². The topological polar surface area (TPSA) is 110 Å². The Morgan fingerprint density at radius 3 is 2.25 bits per heavy atom. The number of halogens is 1. The van der Waals surface area contributed by atoms with Crippen molar-refractivity contribution < 1.29 is 24.0 Å². The maximum absolute atomic E-state index is 14.1. The van der Waals surface area contributed by atoms with E-state index in [9.17, 15) is 24.1 Å². The summed E-state index contributed by atoms with van der Waals surface area (Å²) >= 11 is 0. The molecule has 0 fully saturated rings. The number of hydrogen-bond donors (Lipinski definition) is 2. The monoisotopic (exact) mass is 332 g/mol. The van der Waals surface area contributed by atoms with Gasteiger partial charge in [0.05, 0.1) is 10.5 Å². The van der Waals surface area contributed by atoms with Gasteiger partial charge in [0, 0.05) is 12.6 Å². The van der Waals surface area contributed by atoms with Gasteiger partial charge >= 0.3 is 5.97 Å². The van der Waals surface area contributed by atoms with Crippen LogP contribution >= 0.6 is 0 Å². The highest BCUT2D eigenvalue weighted by Crippen LogP contribution is 2.28. The van der Waals surface area contributed by atoms with Gasteiger partial charge in [0.15, 0.2) is 0 Å². The Balaban J connectivity index is 2.47. The van der Waals surface area contributed by atoms with E-state index >= 15 is 0 Å². The molecule has 0 heterocycles. The molecule has 2 aromatic rings. The zero-order valence-corrected chi connectivity index (χ0v) is 12.6. The highest BCUT2D eigenvalue weighted by Gasteiger charge is 2.21. The van der Waals surface area contributed by atoms with Crippen molar-refractivity contribution >= 4 is 17.6 Å². The second-order valence-electron chi connectivity index (χ2n) is 4.85. The maximum Gasteiger partial charge on any atom is 0.342 e. The summed E-state index contributed by atoms with van der Waals surface area (Å²) in [6.07, 6.45) is 0. The van der Waals surface area contributed by atoms with E-state index in [1.165, 1.54) is 18.2 Å². The number of nitro groups is 1. The van der Waals surface area contributed by atoms with Crippen LogP contribution in [0.1, 0.15) is 27.6 Å². The highest BCUT2D eigenvalue weighted by atomic mass is 19.1. The molecule has 0 radical (unpaired) electrons. The number of benzene rings is 2. The van der Waals surface area contributed by atoms with Crippen LogP contribution in [-0.2, 0) is 0 Å². The Morgan fingerprint density at radius 2 is 1.75 bits per heavy atom. The molecule has 2 N–H and O–H groups in total. The van der Waals surface area contributed by atoms with Gasteiger partial charge in [-0.15, -0.1) is 0 Å². The number of nitrogens with one attached hydrogen (secondary N) is 1. The third kappa shape index (κ3) is 3.37. The summed E-state index contributed by atoms with van der Waals surface area (Å²) in [5.41, 5.74) is -0.623. The van der Waals surface area contributed by atoms with E-state index < -0.39 is 33.9 Å². The van der Waals surface area contributed by atoms with Crippen molar-refractivity contribution in [3.05, 3.63) is 63.5 Å². The Bertz CT molecular complexity index is 835. The molecule has 7 nitrogen and oxygen atoms in total. The lowest BCUT2D eigenvalue weighted by Gasteiger charge is -2.07. The second-order valence-corrected chi connectivity index (χ2v) is 4.85. The predicted molar refractivity (Wildman–Crippen MR) is 83.5 cm³/mol. The zero-order chi connectivity index (χ0) is 17.9. The number of carbonyl (C=O) groups excluding carboxylic acids is 1. The molecule has 0 saturated carbocycles. The van der Waals surface area contributed by atoms with E-state index in [4.69, 9.17) is 5.11 Å². The minimum Gasteiger partial charge on any atom is -0.477 e. The van der Waals surface area contributed by atoms with Gasteiger partial charge in [-0.1, -0.05) is 12.1 Å². The molecular weight excluding hydrogens is 319 g/mol. The van der Waals surface area contributed by atoms with E-state index in [0.717, 1.165) is 18.2 Å². The highest BCUT2D eigenvalue weighted by molar-refractivity contribution is 5.95. The Kier molecular flexibility index (Phi) is 4.88. The van der Waals surface area contributed by atoms with E-state index in [-0.39, 0.29) is 11.1 Å². The number of nitrogens with zero attached hydrogens (tertiary/aromatic N) is 1. The number of hydrogen-bond acceptors (Lipinski definition) is 4. The molecule has 0 aliphatic carbocycles. The van der Waals surface area contributed by atoms with E-state index in [2.05, 4.69) is 5.32 Å². The van der Waals surface area contributed by atoms with E-state index in [0.29, 0.717) is 12.1 Å². The lowest BCUT2D eigenvalue weighted by Crippen LogP contribution is -2.23. The van der Waals surface area contributed by atoms with Crippen LogP contribution < -0.4 is 5.32 Å². The fourth-order valence-electron chi connectivity index (χ4n) is 2.18. The van der Waals surface area contributed by atoms with Crippen molar-refractivity contribution in [2.24, 2.45) is 0 Å². The molecule has 0 unspecified atom stereocenters. The molecule has 0 atom stereocenters.